The van der Waals surface area contributed by atoms with E-state index in [0.29, 0.717) is 69.4 Å². The predicted octanol–water partition coefficient (Wildman–Crippen LogP) is 9.74. The minimum Gasteiger partial charge on any atom is -0.455 e. The Hall–Kier alpha value is -7.58. The van der Waals surface area contributed by atoms with Crippen LogP contribution in [0.5, 0.6) is 23.0 Å². The summed E-state index contributed by atoms with van der Waals surface area (Å²) in [5.41, 5.74) is 8.33. The van der Waals surface area contributed by atoms with Crippen LogP contribution in [0.4, 0.5) is 23.5 Å². The molecule has 20 heteroatoms. The summed E-state index contributed by atoms with van der Waals surface area (Å²) >= 11 is 0. The Bertz CT molecular complexity index is 3180. The van der Waals surface area contributed by atoms with E-state index in [2.05, 4.69) is 93.6 Å². The molecule has 8 aromatic heterocycles. The first kappa shape index (κ1) is 53.3. The Morgan fingerprint density at radius 1 is 0.632 bits per heavy atom. The molecule has 10 rings (SSSR count). The van der Waals surface area contributed by atoms with Crippen molar-refractivity contribution >= 4 is 57.4 Å². The van der Waals surface area contributed by atoms with Crippen LogP contribution in [0.3, 0.4) is 0 Å². The first-order valence-electron chi connectivity index (χ1n) is 25.9. The van der Waals surface area contributed by atoms with Gasteiger partial charge in [0.1, 0.15) is 23.1 Å². The number of rotatable bonds is 16. The maximum absolute atomic E-state index is 11.5. The average Bonchev–Trinajstić information content (AvgIpc) is 4.23. The fraction of sp³-hybridized carbons (Fsp3) is 0.464. The van der Waals surface area contributed by atoms with E-state index in [0.717, 1.165) is 97.5 Å². The Kier molecular flexibility index (Phi) is 15.4. The van der Waals surface area contributed by atoms with Gasteiger partial charge in [0.2, 0.25) is 11.9 Å². The third kappa shape index (κ3) is 12.2. The summed E-state index contributed by atoms with van der Waals surface area (Å²) in [5.74, 6) is 6.29. The first-order valence-corrected chi connectivity index (χ1v) is 25.9. The van der Waals surface area contributed by atoms with E-state index < -0.39 is 0 Å². The molecule has 2 atom stereocenters. The van der Waals surface area contributed by atoms with Gasteiger partial charge in [-0.3, -0.25) is 28.9 Å². The molecule has 2 saturated heterocycles. The van der Waals surface area contributed by atoms with Crippen molar-refractivity contribution in [1.29, 1.82) is 0 Å². The van der Waals surface area contributed by atoms with Crippen molar-refractivity contribution in [3.05, 3.63) is 95.1 Å². The lowest BCUT2D eigenvalue weighted by atomic mass is 9.92. The normalized spacial score (nSPS) is 15.8. The summed E-state index contributed by atoms with van der Waals surface area (Å²) in [6, 6.07) is 11.3. The molecule has 2 N–H and O–H groups in total. The van der Waals surface area contributed by atoms with Crippen molar-refractivity contribution in [2.75, 3.05) is 37.1 Å². The fourth-order valence-corrected chi connectivity index (χ4v) is 9.69. The van der Waals surface area contributed by atoms with Crippen molar-refractivity contribution in [2.45, 2.75) is 119 Å². The molecule has 76 heavy (non-hydrogen) atoms. The number of aromatic nitrogens is 12. The highest BCUT2D eigenvalue weighted by Gasteiger charge is 2.28. The van der Waals surface area contributed by atoms with Crippen molar-refractivity contribution in [3.8, 4) is 23.0 Å². The first-order chi connectivity index (χ1) is 36.2. The van der Waals surface area contributed by atoms with Crippen molar-refractivity contribution in [1.82, 2.24) is 58.6 Å². The number of aryl methyl sites for hydroxylation is 4. The van der Waals surface area contributed by atoms with Crippen LogP contribution in [-0.4, -0.2) is 96.6 Å². The van der Waals surface area contributed by atoms with E-state index in [1.807, 2.05) is 37.1 Å². The number of Topliss-reactive ketones (excluding diaryl/α,β-unsaturated/α-hetero) is 2. The number of pyridine rings is 4. The van der Waals surface area contributed by atoms with Gasteiger partial charge in [0.05, 0.1) is 48.0 Å². The largest absolute Gasteiger partial charge is 0.455 e. The third-order valence-electron chi connectivity index (χ3n) is 13.6. The lowest BCUT2D eigenvalue weighted by Crippen LogP contribution is -2.21. The maximum Gasteiger partial charge on any atom is 0.210 e. The van der Waals surface area contributed by atoms with Crippen molar-refractivity contribution in [3.63, 3.8) is 0 Å². The molecule has 0 spiro atoms. The van der Waals surface area contributed by atoms with Gasteiger partial charge in [0.15, 0.2) is 34.4 Å². The van der Waals surface area contributed by atoms with Crippen LogP contribution in [0.1, 0.15) is 102 Å². The van der Waals surface area contributed by atoms with E-state index in [4.69, 9.17) is 39.1 Å². The Morgan fingerprint density at radius 2 is 1.04 bits per heavy atom. The standard InChI is InChI=1S/2C28H35N7O3/c2*1-17(36)11-20-12-21(7-9-29-20)38-22-14-30-26-25(18(22)2)34(6)27(32-26)31-24-13-23(28(3,4)5)35(33-24)15-19-8-10-37-16-19/h2*7,9,12-14,19H,8,10-11,15-16H2,1-6H3,(H,30,31,32,33)/t19-;/m1./s1. The number of ether oxygens (including phenoxy) is 4. The topological polar surface area (TPSA) is 218 Å². The van der Waals surface area contributed by atoms with Gasteiger partial charge in [-0.15, -0.1) is 0 Å². The average molecular weight is 1040 g/mol. The summed E-state index contributed by atoms with van der Waals surface area (Å²) in [4.78, 5) is 50.0. The molecule has 2 aliphatic rings. The summed E-state index contributed by atoms with van der Waals surface area (Å²) in [7, 11) is 3.90. The van der Waals surface area contributed by atoms with Crippen molar-refractivity contribution < 1.29 is 28.5 Å². The van der Waals surface area contributed by atoms with E-state index in [-0.39, 0.29) is 35.2 Å². The summed E-state index contributed by atoms with van der Waals surface area (Å²) in [6.45, 7) is 25.1. The zero-order valence-corrected chi connectivity index (χ0v) is 45.8. The molecule has 400 valence electrons. The highest BCUT2D eigenvalue weighted by atomic mass is 16.5. The number of anilines is 4. The smallest absolute Gasteiger partial charge is 0.210 e. The number of hydrogen-bond donors (Lipinski definition) is 2. The number of imidazole rings is 2. The number of carbonyl (C=O) groups excluding carboxylic acids is 2. The van der Waals surface area contributed by atoms with Gasteiger partial charge >= 0.3 is 0 Å². The lowest BCUT2D eigenvalue weighted by Gasteiger charge is -2.21. The van der Waals surface area contributed by atoms with Crippen molar-refractivity contribution in [2.24, 2.45) is 25.9 Å². The van der Waals surface area contributed by atoms with E-state index in [9.17, 15) is 9.59 Å². The number of carbonyl (C=O) groups is 2. The molecular weight excluding hydrogens is 965 g/mol. The van der Waals surface area contributed by atoms with Crippen LogP contribution in [0, 0.1) is 25.7 Å². The fourth-order valence-electron chi connectivity index (χ4n) is 9.69. The molecule has 0 aromatic carbocycles. The maximum atomic E-state index is 11.5. The SMILES string of the molecule is CC(=O)Cc1cc(Oc2cnc3nc(Nc4cc(C(C)(C)C)n(CC5CCOC5)n4)n(C)c3c2C)ccn1.CC(=O)Cc1cc(Oc2cnc3nc(Nc4cc(C(C)(C)C)n(C[C@H]5CCOC5)n4)n(C)c3c2C)ccn1. The molecule has 2 fully saturated rings. The zero-order valence-electron chi connectivity index (χ0n) is 45.8. The minimum atomic E-state index is -0.0552. The van der Waals surface area contributed by atoms with Gasteiger partial charge in [0, 0.05) is 135 Å². The second kappa shape index (κ2) is 21.9. The Labute approximate surface area is 443 Å². The van der Waals surface area contributed by atoms with E-state index in [1.54, 1.807) is 62.9 Å². The van der Waals surface area contributed by atoms with Crippen LogP contribution in [0.15, 0.2) is 61.2 Å². The second-order valence-electron chi connectivity index (χ2n) is 22.2. The van der Waals surface area contributed by atoms with Gasteiger partial charge in [-0.2, -0.15) is 20.2 Å². The van der Waals surface area contributed by atoms with Crippen LogP contribution in [-0.2, 0) is 69.9 Å². The van der Waals surface area contributed by atoms with Crippen LogP contribution >= 0.6 is 0 Å². The van der Waals surface area contributed by atoms with Gasteiger partial charge < -0.3 is 38.7 Å². The van der Waals surface area contributed by atoms with Crippen LogP contribution < -0.4 is 20.1 Å². The molecular formula is C56H70N14O6. The molecule has 20 nitrogen and oxygen atoms in total. The number of nitrogens with zero attached hydrogens (tertiary/aromatic N) is 12. The van der Waals surface area contributed by atoms with Gasteiger partial charge in [-0.05, 0) is 52.7 Å². The number of hydrogen-bond acceptors (Lipinski definition) is 16. The third-order valence-corrected chi connectivity index (χ3v) is 13.6. The summed E-state index contributed by atoms with van der Waals surface area (Å²) < 4.78 is 31.6. The van der Waals surface area contributed by atoms with E-state index >= 15 is 0 Å². The molecule has 0 aliphatic carbocycles. The number of ketones is 2. The quantitative estimate of drug-likeness (QED) is 0.0920. The zero-order chi connectivity index (χ0) is 54.1. The Morgan fingerprint density at radius 3 is 1.39 bits per heavy atom. The van der Waals surface area contributed by atoms with Gasteiger partial charge in [-0.1, -0.05) is 41.5 Å². The molecule has 1 unspecified atom stereocenters. The molecule has 8 aromatic rings. The highest BCUT2D eigenvalue weighted by molar-refractivity contribution is 5.82. The Balaban J connectivity index is 0.000000186. The number of nitrogens with one attached hydrogen (secondary N) is 2. The lowest BCUT2D eigenvalue weighted by molar-refractivity contribution is -0.117. The molecule has 0 bridgehead atoms. The highest BCUT2D eigenvalue weighted by Crippen LogP contribution is 2.35. The second-order valence-corrected chi connectivity index (χ2v) is 22.2. The van der Waals surface area contributed by atoms with Gasteiger partial charge in [0.25, 0.3) is 0 Å². The number of fused-ring (bicyclic) bond motifs is 2. The van der Waals surface area contributed by atoms with Crippen LogP contribution in [0.25, 0.3) is 22.3 Å². The molecule has 2 aliphatic heterocycles. The molecule has 0 amide bonds. The molecule has 0 saturated carbocycles. The minimum absolute atomic E-state index is 0.0517. The molecule has 0 radical (unpaired) electrons. The van der Waals surface area contributed by atoms with Crippen LogP contribution in [0.2, 0.25) is 0 Å². The van der Waals surface area contributed by atoms with Gasteiger partial charge in [-0.25, -0.2) is 9.97 Å². The summed E-state index contributed by atoms with van der Waals surface area (Å²) in [6.07, 6.45) is 9.30. The molecule has 10 heterocycles. The monoisotopic (exact) mass is 1030 g/mol. The van der Waals surface area contributed by atoms with E-state index in [1.165, 1.54) is 0 Å². The predicted molar refractivity (Wildman–Crippen MR) is 290 cm³/mol. The summed E-state index contributed by atoms with van der Waals surface area (Å²) in [5, 5.41) is 16.6.